The van der Waals surface area contributed by atoms with Crippen molar-refractivity contribution in [3.63, 3.8) is 0 Å². The van der Waals surface area contributed by atoms with Crippen LogP contribution in [0.1, 0.15) is 11.6 Å². The molecule has 1 atom stereocenters. The highest BCUT2D eigenvalue weighted by Crippen LogP contribution is 2.30. The molecular weight excluding hydrogens is 350 g/mol. The lowest BCUT2D eigenvalue weighted by Crippen LogP contribution is -2.48. The zero-order valence-electron chi connectivity index (χ0n) is 13.1. The van der Waals surface area contributed by atoms with Crippen molar-refractivity contribution < 1.29 is 13.2 Å². The fourth-order valence-corrected chi connectivity index (χ4v) is 4.51. The minimum Gasteiger partial charge on any atom is -0.481 e. The average molecular weight is 368 g/mol. The first-order chi connectivity index (χ1) is 11.5. The van der Waals surface area contributed by atoms with Gasteiger partial charge in [0.15, 0.2) is 0 Å². The van der Waals surface area contributed by atoms with Gasteiger partial charge in [-0.05, 0) is 23.8 Å². The Labute approximate surface area is 146 Å². The second-order valence-electron chi connectivity index (χ2n) is 5.43. The summed E-state index contributed by atoms with van der Waals surface area (Å²) in [6.45, 7) is 1.51. The summed E-state index contributed by atoms with van der Waals surface area (Å²) in [6, 6.07) is 10.0. The maximum absolute atomic E-state index is 13.0. The van der Waals surface area contributed by atoms with Gasteiger partial charge in [0, 0.05) is 30.7 Å². The molecule has 6 nitrogen and oxygen atoms in total. The van der Waals surface area contributed by atoms with Crippen LogP contribution in [-0.2, 0) is 10.0 Å². The zero-order chi connectivity index (χ0) is 17.2. The van der Waals surface area contributed by atoms with E-state index in [-0.39, 0.29) is 10.9 Å². The van der Waals surface area contributed by atoms with Crippen LogP contribution >= 0.6 is 11.6 Å². The van der Waals surface area contributed by atoms with Crippen LogP contribution in [0.4, 0.5) is 0 Å². The predicted octanol–water partition coefficient (Wildman–Crippen LogP) is 2.08. The number of halogens is 1. The number of benzene rings is 1. The molecule has 1 aromatic heterocycles. The van der Waals surface area contributed by atoms with Crippen molar-refractivity contribution in [3.05, 3.63) is 53.2 Å². The molecular formula is C16H18ClN3O3S. The fraction of sp³-hybridized carbons (Fsp3) is 0.312. The Bertz CT molecular complexity index is 812. The molecule has 1 aliphatic heterocycles. The van der Waals surface area contributed by atoms with E-state index in [0.717, 1.165) is 5.56 Å². The number of pyridine rings is 1. The van der Waals surface area contributed by atoms with Gasteiger partial charge in [0.05, 0.1) is 19.3 Å². The topological polar surface area (TPSA) is 71.5 Å². The second-order valence-corrected chi connectivity index (χ2v) is 7.75. The van der Waals surface area contributed by atoms with Gasteiger partial charge in [0.25, 0.3) is 0 Å². The number of methoxy groups -OCH3 is 1. The summed E-state index contributed by atoms with van der Waals surface area (Å²) in [4.78, 5) is 4.16. The number of rotatable bonds is 4. The lowest BCUT2D eigenvalue weighted by molar-refractivity contribution is 0.271. The van der Waals surface area contributed by atoms with Crippen molar-refractivity contribution in [2.24, 2.45) is 0 Å². The first-order valence-corrected chi connectivity index (χ1v) is 9.32. The third-order valence-corrected chi connectivity index (χ3v) is 6.08. The maximum atomic E-state index is 13.0. The minimum absolute atomic E-state index is 0.150. The molecule has 128 valence electrons. The molecule has 1 fully saturated rings. The van der Waals surface area contributed by atoms with E-state index in [2.05, 4.69) is 10.3 Å². The number of hydrogen-bond donors (Lipinski definition) is 1. The van der Waals surface area contributed by atoms with Gasteiger partial charge in [0.1, 0.15) is 4.90 Å². The molecule has 1 aliphatic rings. The van der Waals surface area contributed by atoms with Gasteiger partial charge in [-0.25, -0.2) is 13.4 Å². The summed E-state index contributed by atoms with van der Waals surface area (Å²) in [7, 11) is -2.18. The molecule has 1 saturated heterocycles. The molecule has 2 heterocycles. The first kappa shape index (κ1) is 17.2. The summed E-state index contributed by atoms with van der Waals surface area (Å²) in [5.41, 5.74) is 0.861. The van der Waals surface area contributed by atoms with E-state index in [1.165, 1.54) is 23.7 Å². The molecule has 24 heavy (non-hydrogen) atoms. The summed E-state index contributed by atoms with van der Waals surface area (Å²) in [5.74, 6) is 0.376. The smallest absolute Gasteiger partial charge is 0.245 e. The zero-order valence-corrected chi connectivity index (χ0v) is 14.7. The molecule has 0 saturated carbocycles. The van der Waals surface area contributed by atoms with Crippen LogP contribution in [-0.4, -0.2) is 44.5 Å². The van der Waals surface area contributed by atoms with E-state index in [0.29, 0.717) is 30.5 Å². The molecule has 0 amide bonds. The standard InChI is InChI=1S/C16H18ClN3O3S/c1-23-16-6-5-14(10-19-16)24(21,22)20-8-7-18-11-15(20)12-3-2-4-13(17)9-12/h2-6,9-10,15,18H,7-8,11H2,1H3. The minimum atomic E-state index is -3.66. The van der Waals surface area contributed by atoms with Crippen molar-refractivity contribution in [1.82, 2.24) is 14.6 Å². The number of sulfonamides is 1. The van der Waals surface area contributed by atoms with Gasteiger partial charge in [-0.15, -0.1) is 0 Å². The lowest BCUT2D eigenvalue weighted by Gasteiger charge is -2.35. The quantitative estimate of drug-likeness (QED) is 0.895. The number of ether oxygens (including phenoxy) is 1. The van der Waals surface area contributed by atoms with E-state index in [4.69, 9.17) is 16.3 Å². The van der Waals surface area contributed by atoms with Crippen molar-refractivity contribution in [1.29, 1.82) is 0 Å². The van der Waals surface area contributed by atoms with E-state index in [1.807, 2.05) is 12.1 Å². The molecule has 0 bridgehead atoms. The third-order valence-electron chi connectivity index (χ3n) is 3.95. The van der Waals surface area contributed by atoms with Gasteiger partial charge in [-0.3, -0.25) is 0 Å². The fourth-order valence-electron chi connectivity index (χ4n) is 2.75. The summed E-state index contributed by atoms with van der Waals surface area (Å²) in [6.07, 6.45) is 1.32. The van der Waals surface area contributed by atoms with Crippen LogP contribution in [0.2, 0.25) is 5.02 Å². The van der Waals surface area contributed by atoms with Crippen LogP contribution in [0.5, 0.6) is 5.88 Å². The lowest BCUT2D eigenvalue weighted by atomic mass is 10.1. The van der Waals surface area contributed by atoms with Crippen molar-refractivity contribution in [2.75, 3.05) is 26.7 Å². The predicted molar refractivity (Wildman–Crippen MR) is 91.7 cm³/mol. The number of piperazine rings is 1. The number of aromatic nitrogens is 1. The number of nitrogens with one attached hydrogen (secondary N) is 1. The largest absolute Gasteiger partial charge is 0.481 e. The average Bonchev–Trinajstić information content (AvgIpc) is 2.62. The Balaban J connectivity index is 1.96. The van der Waals surface area contributed by atoms with E-state index in [9.17, 15) is 8.42 Å². The van der Waals surface area contributed by atoms with Gasteiger partial charge in [0.2, 0.25) is 15.9 Å². The monoisotopic (exact) mass is 367 g/mol. The van der Waals surface area contributed by atoms with Crippen LogP contribution < -0.4 is 10.1 Å². The highest BCUT2D eigenvalue weighted by Gasteiger charge is 2.34. The molecule has 1 aromatic carbocycles. The van der Waals surface area contributed by atoms with Crippen LogP contribution in [0.15, 0.2) is 47.5 Å². The van der Waals surface area contributed by atoms with Crippen molar-refractivity contribution in [2.45, 2.75) is 10.9 Å². The molecule has 0 radical (unpaired) electrons. The third kappa shape index (κ3) is 3.39. The first-order valence-electron chi connectivity index (χ1n) is 7.50. The summed E-state index contributed by atoms with van der Waals surface area (Å²) >= 11 is 6.06. The Morgan fingerprint density at radius 1 is 1.33 bits per heavy atom. The van der Waals surface area contributed by atoms with Gasteiger partial charge >= 0.3 is 0 Å². The summed E-state index contributed by atoms with van der Waals surface area (Å²) < 4.78 is 32.6. The molecule has 8 heteroatoms. The molecule has 1 unspecified atom stereocenters. The molecule has 0 aliphatic carbocycles. The Morgan fingerprint density at radius 3 is 2.83 bits per heavy atom. The highest BCUT2D eigenvalue weighted by atomic mass is 35.5. The summed E-state index contributed by atoms with van der Waals surface area (Å²) in [5, 5.41) is 3.82. The van der Waals surface area contributed by atoms with Gasteiger partial charge in [-0.1, -0.05) is 23.7 Å². The number of nitrogens with zero attached hydrogens (tertiary/aromatic N) is 2. The molecule has 3 rings (SSSR count). The Kier molecular flexibility index (Phi) is 5.05. The van der Waals surface area contributed by atoms with Crippen LogP contribution in [0.3, 0.4) is 0 Å². The van der Waals surface area contributed by atoms with E-state index >= 15 is 0 Å². The maximum Gasteiger partial charge on any atom is 0.245 e. The van der Waals surface area contributed by atoms with E-state index in [1.54, 1.807) is 18.2 Å². The molecule has 1 N–H and O–H groups in total. The van der Waals surface area contributed by atoms with Crippen LogP contribution in [0, 0.1) is 0 Å². The highest BCUT2D eigenvalue weighted by molar-refractivity contribution is 7.89. The van der Waals surface area contributed by atoms with Crippen molar-refractivity contribution in [3.8, 4) is 5.88 Å². The Morgan fingerprint density at radius 2 is 2.17 bits per heavy atom. The van der Waals surface area contributed by atoms with Crippen molar-refractivity contribution >= 4 is 21.6 Å². The molecule has 0 spiro atoms. The van der Waals surface area contributed by atoms with E-state index < -0.39 is 10.0 Å². The number of hydrogen-bond acceptors (Lipinski definition) is 5. The molecule has 2 aromatic rings. The van der Waals surface area contributed by atoms with Gasteiger partial charge < -0.3 is 10.1 Å². The Hall–Kier alpha value is -1.67. The van der Waals surface area contributed by atoms with Gasteiger partial charge in [-0.2, -0.15) is 4.31 Å². The normalized spacial score (nSPS) is 19.2. The second kappa shape index (κ2) is 7.06. The SMILES string of the molecule is COc1ccc(S(=O)(=O)N2CCNCC2c2cccc(Cl)c2)cn1. The van der Waals surface area contributed by atoms with Crippen LogP contribution in [0.25, 0.3) is 0 Å².